The molecular weight excluding hydrogens is 144 g/mol. The highest BCUT2D eigenvalue weighted by molar-refractivity contribution is 5.77. The van der Waals surface area contributed by atoms with Crippen LogP contribution in [0.25, 0.3) is 0 Å². The minimum Gasteiger partial charge on any atom is -0.456 e. The van der Waals surface area contributed by atoms with Crippen LogP contribution in [0.5, 0.6) is 0 Å². The summed E-state index contributed by atoms with van der Waals surface area (Å²) < 4.78 is 4.90. The summed E-state index contributed by atoms with van der Waals surface area (Å²) in [4.78, 5) is 10.8. The Hall–Kier alpha value is -0.830. The number of aliphatic hydroxyl groups excluding tert-OH is 1. The molecule has 1 heterocycles. The highest BCUT2D eigenvalue weighted by Gasteiger charge is 2.42. The van der Waals surface area contributed by atoms with Gasteiger partial charge in [0, 0.05) is 5.92 Å². The molecule has 0 radical (unpaired) electrons. The molecule has 0 amide bonds. The van der Waals surface area contributed by atoms with E-state index < -0.39 is 12.1 Å². The minimum absolute atomic E-state index is 0.00694. The first kappa shape index (κ1) is 6.85. The lowest BCUT2D eigenvalue weighted by atomic mass is 9.89. The number of allylic oxidation sites excluding steroid dienone is 1. The van der Waals surface area contributed by atoms with E-state index in [-0.39, 0.29) is 12.0 Å². The Bertz CT molecular complexity index is 209. The normalized spacial score (nSPS) is 41.9. The third-order valence-electron chi connectivity index (χ3n) is 2.31. The number of carbonyl (C=O) groups excluding carboxylic acids is 1. The highest BCUT2D eigenvalue weighted by atomic mass is 16.6. The molecule has 0 saturated carbocycles. The third kappa shape index (κ3) is 0.959. The SMILES string of the molecule is O=C1OC2C=CCCC2C1O. The number of carbonyl (C=O) groups is 1. The second kappa shape index (κ2) is 2.34. The molecule has 0 spiro atoms. The molecule has 1 fully saturated rings. The number of hydrogen-bond acceptors (Lipinski definition) is 3. The average molecular weight is 154 g/mol. The second-order valence-corrected chi connectivity index (χ2v) is 3.02. The molecular formula is C8H10O3. The predicted octanol–water partition coefficient (Wildman–Crippen LogP) is 0.239. The van der Waals surface area contributed by atoms with Crippen molar-refractivity contribution in [1.82, 2.24) is 0 Å². The summed E-state index contributed by atoms with van der Waals surface area (Å²) in [5.74, 6) is -0.459. The van der Waals surface area contributed by atoms with Crippen LogP contribution in [0.15, 0.2) is 12.2 Å². The van der Waals surface area contributed by atoms with Crippen LogP contribution in [0.1, 0.15) is 12.8 Å². The summed E-state index contributed by atoms with van der Waals surface area (Å²) in [6.07, 6.45) is 4.61. The van der Waals surface area contributed by atoms with Gasteiger partial charge in [-0.25, -0.2) is 4.79 Å². The summed E-state index contributed by atoms with van der Waals surface area (Å²) in [5, 5.41) is 9.28. The van der Waals surface area contributed by atoms with Crippen LogP contribution in [-0.2, 0) is 9.53 Å². The van der Waals surface area contributed by atoms with Crippen LogP contribution >= 0.6 is 0 Å². The molecule has 0 bridgehead atoms. The van der Waals surface area contributed by atoms with Gasteiger partial charge in [-0.15, -0.1) is 0 Å². The average Bonchev–Trinajstić information content (AvgIpc) is 2.30. The number of esters is 1. The monoisotopic (exact) mass is 154 g/mol. The van der Waals surface area contributed by atoms with Crippen LogP contribution in [0.4, 0.5) is 0 Å². The summed E-state index contributed by atoms with van der Waals surface area (Å²) >= 11 is 0. The summed E-state index contributed by atoms with van der Waals surface area (Å²) in [5.41, 5.74) is 0. The van der Waals surface area contributed by atoms with Gasteiger partial charge in [0.15, 0.2) is 6.10 Å². The van der Waals surface area contributed by atoms with Gasteiger partial charge in [0.05, 0.1) is 0 Å². The molecule has 0 aromatic carbocycles. The molecule has 0 aromatic rings. The molecule has 3 nitrogen and oxygen atoms in total. The Kier molecular flexibility index (Phi) is 1.46. The van der Waals surface area contributed by atoms with Crippen molar-refractivity contribution >= 4 is 5.97 Å². The first-order chi connectivity index (χ1) is 5.29. The van der Waals surface area contributed by atoms with Gasteiger partial charge in [-0.3, -0.25) is 0 Å². The molecule has 1 aliphatic heterocycles. The number of fused-ring (bicyclic) bond motifs is 1. The summed E-state index contributed by atoms with van der Waals surface area (Å²) in [6.45, 7) is 0. The van der Waals surface area contributed by atoms with E-state index >= 15 is 0 Å². The van der Waals surface area contributed by atoms with Crippen molar-refractivity contribution in [3.63, 3.8) is 0 Å². The highest BCUT2D eigenvalue weighted by Crippen LogP contribution is 2.30. The van der Waals surface area contributed by atoms with Gasteiger partial charge in [0.1, 0.15) is 6.10 Å². The fourth-order valence-electron chi connectivity index (χ4n) is 1.67. The van der Waals surface area contributed by atoms with E-state index in [1.807, 2.05) is 12.2 Å². The van der Waals surface area contributed by atoms with Gasteiger partial charge < -0.3 is 9.84 Å². The standard InChI is InChI=1S/C8H10O3/c9-7-5-3-1-2-4-6(5)11-8(7)10/h2,4-7,9H,1,3H2. The van der Waals surface area contributed by atoms with Gasteiger partial charge >= 0.3 is 5.97 Å². The lowest BCUT2D eigenvalue weighted by Gasteiger charge is -2.18. The Morgan fingerprint density at radius 2 is 2.45 bits per heavy atom. The van der Waals surface area contributed by atoms with Crippen LogP contribution in [0, 0.1) is 5.92 Å². The second-order valence-electron chi connectivity index (χ2n) is 3.02. The van der Waals surface area contributed by atoms with Crippen molar-refractivity contribution in [2.45, 2.75) is 25.0 Å². The number of aliphatic hydroxyl groups is 1. The molecule has 1 aliphatic carbocycles. The molecule has 3 unspecified atom stereocenters. The Morgan fingerprint density at radius 1 is 1.64 bits per heavy atom. The number of hydrogen-bond donors (Lipinski definition) is 1. The number of ether oxygens (including phenoxy) is 1. The van der Waals surface area contributed by atoms with Gasteiger partial charge in [-0.2, -0.15) is 0 Å². The zero-order valence-corrected chi connectivity index (χ0v) is 6.06. The van der Waals surface area contributed by atoms with Crippen LogP contribution < -0.4 is 0 Å². The maximum Gasteiger partial charge on any atom is 0.336 e. The van der Waals surface area contributed by atoms with E-state index in [0.29, 0.717) is 0 Å². The van der Waals surface area contributed by atoms with E-state index in [2.05, 4.69) is 0 Å². The van der Waals surface area contributed by atoms with Crippen molar-refractivity contribution in [3.8, 4) is 0 Å². The van der Waals surface area contributed by atoms with Crippen molar-refractivity contribution in [3.05, 3.63) is 12.2 Å². The third-order valence-corrected chi connectivity index (χ3v) is 2.31. The molecule has 2 rings (SSSR count). The maximum atomic E-state index is 10.8. The Balaban J connectivity index is 2.21. The topological polar surface area (TPSA) is 46.5 Å². The summed E-state index contributed by atoms with van der Waals surface area (Å²) in [7, 11) is 0. The summed E-state index contributed by atoms with van der Waals surface area (Å²) in [6, 6.07) is 0. The molecule has 1 N–H and O–H groups in total. The lowest BCUT2D eigenvalue weighted by molar-refractivity contribution is -0.146. The molecule has 0 aromatic heterocycles. The molecule has 60 valence electrons. The van der Waals surface area contributed by atoms with E-state index in [1.54, 1.807) is 0 Å². The fraction of sp³-hybridized carbons (Fsp3) is 0.625. The zero-order chi connectivity index (χ0) is 7.84. The van der Waals surface area contributed by atoms with Gasteiger partial charge in [0.2, 0.25) is 0 Å². The Morgan fingerprint density at radius 3 is 3.18 bits per heavy atom. The van der Waals surface area contributed by atoms with E-state index in [1.165, 1.54) is 0 Å². The van der Waals surface area contributed by atoms with Crippen molar-refractivity contribution in [2.75, 3.05) is 0 Å². The van der Waals surface area contributed by atoms with Gasteiger partial charge in [-0.1, -0.05) is 6.08 Å². The first-order valence-corrected chi connectivity index (χ1v) is 3.84. The smallest absolute Gasteiger partial charge is 0.336 e. The van der Waals surface area contributed by atoms with Gasteiger partial charge in [0.25, 0.3) is 0 Å². The Labute approximate surface area is 64.7 Å². The van der Waals surface area contributed by atoms with Gasteiger partial charge in [-0.05, 0) is 18.9 Å². The van der Waals surface area contributed by atoms with Crippen LogP contribution in [0.3, 0.4) is 0 Å². The van der Waals surface area contributed by atoms with E-state index in [9.17, 15) is 9.90 Å². The molecule has 1 saturated heterocycles. The van der Waals surface area contributed by atoms with Crippen molar-refractivity contribution in [1.29, 1.82) is 0 Å². The largest absolute Gasteiger partial charge is 0.456 e. The van der Waals surface area contributed by atoms with E-state index in [0.717, 1.165) is 12.8 Å². The van der Waals surface area contributed by atoms with Crippen molar-refractivity contribution in [2.24, 2.45) is 5.92 Å². The molecule has 11 heavy (non-hydrogen) atoms. The number of rotatable bonds is 0. The molecule has 3 heteroatoms. The molecule has 2 aliphatic rings. The first-order valence-electron chi connectivity index (χ1n) is 3.84. The maximum absolute atomic E-state index is 10.8. The molecule has 3 atom stereocenters. The van der Waals surface area contributed by atoms with Crippen molar-refractivity contribution < 1.29 is 14.6 Å². The van der Waals surface area contributed by atoms with Crippen LogP contribution in [-0.4, -0.2) is 23.3 Å². The van der Waals surface area contributed by atoms with E-state index in [4.69, 9.17) is 4.74 Å². The zero-order valence-electron chi connectivity index (χ0n) is 6.06. The lowest BCUT2D eigenvalue weighted by Crippen LogP contribution is -2.25. The fourth-order valence-corrected chi connectivity index (χ4v) is 1.67. The predicted molar refractivity (Wildman–Crippen MR) is 37.8 cm³/mol. The van der Waals surface area contributed by atoms with Crippen LogP contribution in [0.2, 0.25) is 0 Å². The minimum atomic E-state index is -0.884. The quantitative estimate of drug-likeness (QED) is 0.401.